The molecule has 0 aromatic rings. The average Bonchev–Trinajstić information content (AvgIpc) is 2.26. The molecule has 1 heterocycles. The predicted molar refractivity (Wildman–Crippen MR) is 78.0 cm³/mol. The highest BCUT2D eigenvalue weighted by molar-refractivity contribution is 5.03. The number of hydrogen-bond donors (Lipinski definition) is 2. The minimum absolute atomic E-state index is 0.0836. The van der Waals surface area contributed by atoms with E-state index in [2.05, 4.69) is 13.8 Å². The SMILES string of the molecule is CC1CC(O)(C2(CN)CCCCCCC2)CC(C)O1. The number of rotatable bonds is 2. The van der Waals surface area contributed by atoms with Gasteiger partial charge in [0.2, 0.25) is 0 Å². The van der Waals surface area contributed by atoms with Crippen LogP contribution in [0.4, 0.5) is 0 Å². The van der Waals surface area contributed by atoms with E-state index in [1.807, 2.05) is 0 Å². The van der Waals surface area contributed by atoms with Gasteiger partial charge in [-0.3, -0.25) is 0 Å². The van der Waals surface area contributed by atoms with Crippen molar-refractivity contribution in [2.45, 2.75) is 89.4 Å². The van der Waals surface area contributed by atoms with Crippen LogP contribution in [0.3, 0.4) is 0 Å². The molecule has 0 aromatic heterocycles. The Hall–Kier alpha value is -0.120. The monoisotopic (exact) mass is 269 g/mol. The van der Waals surface area contributed by atoms with Crippen molar-refractivity contribution in [2.75, 3.05) is 6.54 Å². The van der Waals surface area contributed by atoms with Gasteiger partial charge in [0, 0.05) is 24.8 Å². The van der Waals surface area contributed by atoms with Crippen LogP contribution < -0.4 is 5.73 Å². The van der Waals surface area contributed by atoms with Crippen LogP contribution in [-0.4, -0.2) is 29.5 Å². The lowest BCUT2D eigenvalue weighted by Crippen LogP contribution is -2.58. The fourth-order valence-electron chi connectivity index (χ4n) is 4.40. The molecule has 2 fully saturated rings. The number of hydrogen-bond acceptors (Lipinski definition) is 3. The maximum Gasteiger partial charge on any atom is 0.0764 e. The molecule has 0 amide bonds. The Morgan fingerprint density at radius 2 is 1.47 bits per heavy atom. The van der Waals surface area contributed by atoms with Crippen molar-refractivity contribution in [3.05, 3.63) is 0 Å². The van der Waals surface area contributed by atoms with E-state index < -0.39 is 5.60 Å². The Morgan fingerprint density at radius 3 is 1.95 bits per heavy atom. The molecule has 1 saturated carbocycles. The molecule has 2 aliphatic rings. The zero-order valence-corrected chi connectivity index (χ0v) is 12.7. The summed E-state index contributed by atoms with van der Waals surface area (Å²) in [6.45, 7) is 4.77. The summed E-state index contributed by atoms with van der Waals surface area (Å²) in [7, 11) is 0. The molecule has 0 aromatic carbocycles. The van der Waals surface area contributed by atoms with E-state index in [0.29, 0.717) is 6.54 Å². The Balaban J connectivity index is 2.21. The van der Waals surface area contributed by atoms with Crippen LogP contribution in [0.15, 0.2) is 0 Å². The van der Waals surface area contributed by atoms with Gasteiger partial charge in [-0.25, -0.2) is 0 Å². The molecule has 3 N–H and O–H groups in total. The largest absolute Gasteiger partial charge is 0.389 e. The third-order valence-corrected chi connectivity index (χ3v) is 5.40. The first-order valence-corrected chi connectivity index (χ1v) is 8.09. The van der Waals surface area contributed by atoms with Crippen LogP contribution >= 0.6 is 0 Å². The minimum Gasteiger partial charge on any atom is -0.389 e. The summed E-state index contributed by atoms with van der Waals surface area (Å²) in [6.07, 6.45) is 10.3. The van der Waals surface area contributed by atoms with E-state index in [1.54, 1.807) is 0 Å². The molecule has 19 heavy (non-hydrogen) atoms. The fourth-order valence-corrected chi connectivity index (χ4v) is 4.40. The van der Waals surface area contributed by atoms with Crippen molar-refractivity contribution >= 4 is 0 Å². The van der Waals surface area contributed by atoms with E-state index in [9.17, 15) is 5.11 Å². The second-order valence-electron chi connectivity index (χ2n) is 6.95. The van der Waals surface area contributed by atoms with Gasteiger partial charge < -0.3 is 15.6 Å². The van der Waals surface area contributed by atoms with E-state index in [1.165, 1.54) is 32.1 Å². The molecule has 1 saturated heterocycles. The topological polar surface area (TPSA) is 55.5 Å². The highest BCUT2D eigenvalue weighted by Gasteiger charge is 2.51. The maximum atomic E-state index is 11.3. The summed E-state index contributed by atoms with van der Waals surface area (Å²) in [5.41, 5.74) is 5.45. The zero-order valence-electron chi connectivity index (χ0n) is 12.7. The number of aliphatic hydroxyl groups is 1. The summed E-state index contributed by atoms with van der Waals surface area (Å²) in [5, 5.41) is 11.3. The van der Waals surface area contributed by atoms with Crippen molar-refractivity contribution in [1.82, 2.24) is 0 Å². The molecule has 0 radical (unpaired) electrons. The van der Waals surface area contributed by atoms with Gasteiger partial charge in [0.15, 0.2) is 0 Å². The quantitative estimate of drug-likeness (QED) is 0.810. The zero-order chi connectivity index (χ0) is 13.9. The van der Waals surface area contributed by atoms with Crippen molar-refractivity contribution < 1.29 is 9.84 Å². The molecule has 3 nitrogen and oxygen atoms in total. The lowest BCUT2D eigenvalue weighted by Gasteiger charge is -2.52. The molecule has 2 unspecified atom stereocenters. The molecule has 112 valence electrons. The lowest BCUT2D eigenvalue weighted by atomic mass is 9.60. The summed E-state index contributed by atoms with van der Waals surface area (Å²) in [6, 6.07) is 0. The Bertz CT molecular complexity index is 274. The van der Waals surface area contributed by atoms with Gasteiger partial charge in [-0.15, -0.1) is 0 Å². The van der Waals surface area contributed by atoms with Crippen LogP contribution in [0.25, 0.3) is 0 Å². The molecule has 1 aliphatic carbocycles. The second kappa shape index (κ2) is 6.11. The van der Waals surface area contributed by atoms with Gasteiger partial charge in [0.05, 0.1) is 17.8 Å². The van der Waals surface area contributed by atoms with E-state index in [0.717, 1.165) is 25.7 Å². The molecule has 0 bridgehead atoms. The molecular formula is C16H31NO2. The lowest BCUT2D eigenvalue weighted by molar-refractivity contribution is -0.190. The van der Waals surface area contributed by atoms with Crippen molar-refractivity contribution in [3.63, 3.8) is 0 Å². The number of ether oxygens (including phenoxy) is 1. The first kappa shape index (κ1) is 15.3. The standard InChI is InChI=1S/C16H31NO2/c1-13-10-16(18,11-14(2)19-13)15(12-17)8-6-4-3-5-7-9-15/h13-14,18H,3-12,17H2,1-2H3. The summed E-state index contributed by atoms with van der Waals surface area (Å²) in [5.74, 6) is 0. The Labute approximate surface area is 117 Å². The molecule has 2 atom stereocenters. The third kappa shape index (κ3) is 3.14. The Kier molecular flexibility index (Phi) is 4.91. The predicted octanol–water partition coefficient (Wildman–Crippen LogP) is 2.99. The van der Waals surface area contributed by atoms with Crippen molar-refractivity contribution in [3.8, 4) is 0 Å². The van der Waals surface area contributed by atoms with Gasteiger partial charge >= 0.3 is 0 Å². The molecule has 2 rings (SSSR count). The Morgan fingerprint density at radius 1 is 1.00 bits per heavy atom. The fraction of sp³-hybridized carbons (Fsp3) is 1.00. The summed E-state index contributed by atoms with van der Waals surface area (Å²) < 4.78 is 5.82. The maximum absolute atomic E-state index is 11.3. The van der Waals surface area contributed by atoms with Crippen LogP contribution in [0.5, 0.6) is 0 Å². The summed E-state index contributed by atoms with van der Waals surface area (Å²) >= 11 is 0. The minimum atomic E-state index is -0.629. The van der Waals surface area contributed by atoms with Crippen LogP contribution in [0.2, 0.25) is 0 Å². The van der Waals surface area contributed by atoms with E-state index >= 15 is 0 Å². The third-order valence-electron chi connectivity index (χ3n) is 5.40. The molecular weight excluding hydrogens is 238 g/mol. The van der Waals surface area contributed by atoms with Crippen LogP contribution in [-0.2, 0) is 4.74 Å². The number of nitrogens with two attached hydrogens (primary N) is 1. The van der Waals surface area contributed by atoms with Crippen LogP contribution in [0, 0.1) is 5.41 Å². The summed E-state index contributed by atoms with van der Waals surface area (Å²) in [4.78, 5) is 0. The van der Waals surface area contributed by atoms with Gasteiger partial charge in [-0.2, -0.15) is 0 Å². The van der Waals surface area contributed by atoms with E-state index in [-0.39, 0.29) is 17.6 Å². The average molecular weight is 269 g/mol. The van der Waals surface area contributed by atoms with Crippen LogP contribution in [0.1, 0.15) is 71.6 Å². The second-order valence-corrected chi connectivity index (χ2v) is 6.95. The van der Waals surface area contributed by atoms with Gasteiger partial charge in [0.1, 0.15) is 0 Å². The van der Waals surface area contributed by atoms with Gasteiger partial charge in [-0.1, -0.05) is 32.1 Å². The highest BCUT2D eigenvalue weighted by Crippen LogP contribution is 2.49. The molecule has 0 spiro atoms. The van der Waals surface area contributed by atoms with Crippen molar-refractivity contribution in [1.29, 1.82) is 0 Å². The van der Waals surface area contributed by atoms with Gasteiger partial charge in [0.25, 0.3) is 0 Å². The van der Waals surface area contributed by atoms with Crippen molar-refractivity contribution in [2.24, 2.45) is 11.1 Å². The smallest absolute Gasteiger partial charge is 0.0764 e. The van der Waals surface area contributed by atoms with E-state index in [4.69, 9.17) is 10.5 Å². The molecule has 3 heteroatoms. The first-order chi connectivity index (χ1) is 9.01. The first-order valence-electron chi connectivity index (χ1n) is 8.09. The normalized spacial score (nSPS) is 40.4. The van der Waals surface area contributed by atoms with Gasteiger partial charge in [-0.05, 0) is 26.7 Å². The highest BCUT2D eigenvalue weighted by atomic mass is 16.5. The molecule has 1 aliphatic heterocycles.